The molecule has 1 fully saturated rings. The quantitative estimate of drug-likeness (QED) is 0.811. The van der Waals surface area contributed by atoms with Crippen LogP contribution in [0.25, 0.3) is 10.8 Å². The van der Waals surface area contributed by atoms with Crippen molar-refractivity contribution in [3.8, 4) is 10.8 Å². The van der Waals surface area contributed by atoms with Gasteiger partial charge in [0, 0.05) is 18.5 Å². The number of furan rings is 1. The number of carbonyl (C=O) groups excluding carboxylic acids is 2. The summed E-state index contributed by atoms with van der Waals surface area (Å²) in [5.41, 5.74) is 0.386. The molecule has 6 nitrogen and oxygen atoms in total. The van der Waals surface area contributed by atoms with E-state index in [4.69, 9.17) is 9.15 Å². The van der Waals surface area contributed by atoms with Crippen molar-refractivity contribution in [2.45, 2.75) is 6.42 Å². The summed E-state index contributed by atoms with van der Waals surface area (Å²) in [7, 11) is 1.36. The summed E-state index contributed by atoms with van der Waals surface area (Å²) >= 11 is 1.36. The SMILES string of the molecule is COC(=O)C1CCN(C(=O)c2csc(-c3ccco3)n2)C1. The van der Waals surface area contributed by atoms with E-state index >= 15 is 0 Å². The van der Waals surface area contributed by atoms with Gasteiger partial charge >= 0.3 is 5.97 Å². The van der Waals surface area contributed by atoms with Crippen LogP contribution < -0.4 is 0 Å². The van der Waals surface area contributed by atoms with E-state index in [-0.39, 0.29) is 17.8 Å². The Balaban J connectivity index is 1.70. The van der Waals surface area contributed by atoms with Crippen molar-refractivity contribution in [3.05, 3.63) is 29.5 Å². The molecule has 1 atom stereocenters. The maximum absolute atomic E-state index is 12.4. The molecule has 2 aromatic heterocycles. The standard InChI is InChI=1S/C14H14N2O4S/c1-19-14(18)9-4-5-16(7-9)13(17)10-8-21-12(15-10)11-3-2-6-20-11/h2-3,6,8-9H,4-5,7H2,1H3. The molecule has 0 N–H and O–H groups in total. The van der Waals surface area contributed by atoms with E-state index < -0.39 is 0 Å². The van der Waals surface area contributed by atoms with E-state index in [1.54, 1.807) is 28.7 Å². The number of thiazole rings is 1. The van der Waals surface area contributed by atoms with Gasteiger partial charge in [-0.15, -0.1) is 11.3 Å². The molecule has 1 amide bonds. The van der Waals surface area contributed by atoms with Gasteiger partial charge in [0.2, 0.25) is 0 Å². The van der Waals surface area contributed by atoms with Crippen LogP contribution in [0.2, 0.25) is 0 Å². The van der Waals surface area contributed by atoms with E-state index in [1.807, 2.05) is 0 Å². The third kappa shape index (κ3) is 2.69. The third-order valence-corrected chi connectivity index (χ3v) is 4.32. The van der Waals surface area contributed by atoms with Gasteiger partial charge in [0.25, 0.3) is 5.91 Å². The Kier molecular flexibility index (Phi) is 3.74. The van der Waals surface area contributed by atoms with Crippen LogP contribution in [0.15, 0.2) is 28.2 Å². The average molecular weight is 306 g/mol. The van der Waals surface area contributed by atoms with Crippen LogP contribution in [0.4, 0.5) is 0 Å². The van der Waals surface area contributed by atoms with E-state index in [0.29, 0.717) is 36.0 Å². The monoisotopic (exact) mass is 306 g/mol. The highest BCUT2D eigenvalue weighted by molar-refractivity contribution is 7.13. The van der Waals surface area contributed by atoms with Gasteiger partial charge < -0.3 is 14.1 Å². The maximum atomic E-state index is 12.4. The fraction of sp³-hybridized carbons (Fsp3) is 0.357. The first kappa shape index (κ1) is 13.8. The Morgan fingerprint density at radius 1 is 1.52 bits per heavy atom. The van der Waals surface area contributed by atoms with Crippen LogP contribution in [-0.2, 0) is 9.53 Å². The van der Waals surface area contributed by atoms with Gasteiger partial charge in [-0.05, 0) is 18.6 Å². The highest BCUT2D eigenvalue weighted by Gasteiger charge is 2.32. The molecular weight excluding hydrogens is 292 g/mol. The number of methoxy groups -OCH3 is 1. The van der Waals surface area contributed by atoms with Gasteiger partial charge in [-0.3, -0.25) is 9.59 Å². The molecule has 21 heavy (non-hydrogen) atoms. The fourth-order valence-corrected chi connectivity index (χ4v) is 3.11. The van der Waals surface area contributed by atoms with Crippen LogP contribution in [0, 0.1) is 5.92 Å². The molecule has 0 saturated carbocycles. The second kappa shape index (κ2) is 5.69. The zero-order valence-electron chi connectivity index (χ0n) is 11.4. The fourth-order valence-electron chi connectivity index (χ4n) is 2.35. The Morgan fingerprint density at radius 2 is 2.38 bits per heavy atom. The lowest BCUT2D eigenvalue weighted by molar-refractivity contribution is -0.144. The molecule has 110 valence electrons. The number of likely N-dealkylation sites (tertiary alicyclic amines) is 1. The molecule has 7 heteroatoms. The molecule has 1 aliphatic heterocycles. The van der Waals surface area contributed by atoms with Crippen molar-refractivity contribution in [2.24, 2.45) is 5.92 Å². The number of aromatic nitrogens is 1. The Hall–Kier alpha value is -2.15. The van der Waals surface area contributed by atoms with Gasteiger partial charge in [-0.2, -0.15) is 0 Å². The summed E-state index contributed by atoms with van der Waals surface area (Å²) < 4.78 is 9.98. The van der Waals surface area contributed by atoms with Crippen molar-refractivity contribution in [1.82, 2.24) is 9.88 Å². The van der Waals surface area contributed by atoms with Gasteiger partial charge in [-0.1, -0.05) is 0 Å². The number of rotatable bonds is 3. The van der Waals surface area contributed by atoms with Crippen LogP contribution in [-0.4, -0.2) is 42.0 Å². The van der Waals surface area contributed by atoms with E-state index in [1.165, 1.54) is 18.4 Å². The molecule has 1 saturated heterocycles. The highest BCUT2D eigenvalue weighted by Crippen LogP contribution is 2.26. The lowest BCUT2D eigenvalue weighted by Crippen LogP contribution is -2.30. The van der Waals surface area contributed by atoms with E-state index in [9.17, 15) is 9.59 Å². The van der Waals surface area contributed by atoms with Crippen molar-refractivity contribution in [3.63, 3.8) is 0 Å². The largest absolute Gasteiger partial charge is 0.469 e. The van der Waals surface area contributed by atoms with Crippen LogP contribution in [0.1, 0.15) is 16.9 Å². The molecule has 0 spiro atoms. The lowest BCUT2D eigenvalue weighted by atomic mass is 10.1. The summed E-state index contributed by atoms with van der Waals surface area (Å²) in [4.78, 5) is 29.8. The van der Waals surface area contributed by atoms with Gasteiger partial charge in [0.15, 0.2) is 10.8 Å². The molecule has 3 rings (SSSR count). The Labute approximate surface area is 125 Å². The first-order chi connectivity index (χ1) is 10.2. The number of ether oxygens (including phenoxy) is 1. The van der Waals surface area contributed by atoms with Gasteiger partial charge in [-0.25, -0.2) is 4.98 Å². The zero-order valence-corrected chi connectivity index (χ0v) is 12.3. The van der Waals surface area contributed by atoms with Gasteiger partial charge in [0.1, 0.15) is 5.69 Å². The number of carbonyl (C=O) groups is 2. The van der Waals surface area contributed by atoms with Crippen LogP contribution >= 0.6 is 11.3 Å². The number of hydrogen-bond donors (Lipinski definition) is 0. The van der Waals surface area contributed by atoms with E-state index in [0.717, 1.165) is 0 Å². The van der Waals surface area contributed by atoms with E-state index in [2.05, 4.69) is 4.98 Å². The number of esters is 1. The smallest absolute Gasteiger partial charge is 0.310 e. The molecule has 0 bridgehead atoms. The summed E-state index contributed by atoms with van der Waals surface area (Å²) in [6.45, 7) is 0.936. The van der Waals surface area contributed by atoms with Crippen molar-refractivity contribution >= 4 is 23.2 Å². The summed E-state index contributed by atoms with van der Waals surface area (Å²) in [5, 5.41) is 2.39. The second-order valence-electron chi connectivity index (χ2n) is 4.78. The predicted molar refractivity (Wildman–Crippen MR) is 75.8 cm³/mol. The summed E-state index contributed by atoms with van der Waals surface area (Å²) in [6.07, 6.45) is 2.20. The second-order valence-corrected chi connectivity index (χ2v) is 5.63. The molecule has 0 aromatic carbocycles. The molecule has 2 aromatic rings. The Morgan fingerprint density at radius 3 is 3.10 bits per heavy atom. The minimum atomic E-state index is -0.264. The van der Waals surface area contributed by atoms with Gasteiger partial charge in [0.05, 0.1) is 19.3 Å². The summed E-state index contributed by atoms with van der Waals surface area (Å²) in [5.74, 6) is -0.00893. The van der Waals surface area contributed by atoms with Crippen LogP contribution in [0.5, 0.6) is 0 Å². The molecule has 1 unspecified atom stereocenters. The number of amides is 1. The maximum Gasteiger partial charge on any atom is 0.310 e. The normalized spacial score (nSPS) is 18.0. The van der Waals surface area contributed by atoms with Crippen molar-refractivity contribution < 1.29 is 18.7 Å². The summed E-state index contributed by atoms with van der Waals surface area (Å²) in [6, 6.07) is 3.58. The topological polar surface area (TPSA) is 72.6 Å². The minimum absolute atomic E-state index is 0.157. The molecule has 1 aliphatic rings. The lowest BCUT2D eigenvalue weighted by Gasteiger charge is -2.14. The third-order valence-electron chi connectivity index (χ3n) is 3.47. The molecule has 3 heterocycles. The average Bonchev–Trinajstić information content (AvgIpc) is 3.25. The van der Waals surface area contributed by atoms with Crippen molar-refractivity contribution in [1.29, 1.82) is 0 Å². The number of hydrogen-bond acceptors (Lipinski definition) is 6. The Bertz CT molecular complexity index is 650. The first-order valence-corrected chi connectivity index (χ1v) is 7.43. The van der Waals surface area contributed by atoms with Crippen LogP contribution in [0.3, 0.4) is 0 Å². The molecule has 0 radical (unpaired) electrons. The molecule has 0 aliphatic carbocycles. The predicted octanol–water partition coefficient (Wildman–Crippen LogP) is 2.04. The first-order valence-electron chi connectivity index (χ1n) is 6.55. The van der Waals surface area contributed by atoms with Crippen molar-refractivity contribution in [2.75, 3.05) is 20.2 Å². The highest BCUT2D eigenvalue weighted by atomic mass is 32.1. The zero-order chi connectivity index (χ0) is 14.8. The number of nitrogens with zero attached hydrogens (tertiary/aromatic N) is 2. The minimum Gasteiger partial charge on any atom is -0.469 e. The molecular formula is C14H14N2O4S.